The van der Waals surface area contributed by atoms with E-state index in [-0.39, 0.29) is 10.9 Å². The summed E-state index contributed by atoms with van der Waals surface area (Å²) in [5, 5.41) is 14.4. The summed E-state index contributed by atoms with van der Waals surface area (Å²) in [6.45, 7) is 0.740. The molecule has 3 aromatic heterocycles. The Kier molecular flexibility index (Phi) is 5.65. The lowest BCUT2D eigenvalue weighted by atomic mass is 10.2. The van der Waals surface area contributed by atoms with Crippen molar-refractivity contribution in [1.29, 1.82) is 0 Å². The minimum atomic E-state index is -3.86. The number of aryl methyl sites for hydroxylation is 1. The molecule has 4 heterocycles. The molecule has 0 aliphatic carbocycles. The molecule has 1 aliphatic rings. The predicted octanol–water partition coefficient (Wildman–Crippen LogP) is 1.58. The van der Waals surface area contributed by atoms with Crippen LogP contribution >= 0.6 is 0 Å². The monoisotopic (exact) mass is 442 g/mol. The molecule has 12 heteroatoms. The SMILES string of the molecule is CN1/N=C\c2cc3cnc(Nc4ccc(S(N)(=O)=O)nc4)nc3n2CCCCCC1=O. The van der Waals surface area contributed by atoms with Crippen molar-refractivity contribution in [2.45, 2.75) is 37.3 Å². The van der Waals surface area contributed by atoms with Crippen LogP contribution in [-0.2, 0) is 21.4 Å². The molecule has 0 aromatic carbocycles. The smallest absolute Gasteiger partial charge is 0.255 e. The molecular weight excluding hydrogens is 420 g/mol. The highest BCUT2D eigenvalue weighted by Crippen LogP contribution is 2.21. The molecule has 0 spiro atoms. The summed E-state index contributed by atoms with van der Waals surface area (Å²) in [7, 11) is -2.20. The van der Waals surface area contributed by atoms with Gasteiger partial charge in [0.05, 0.1) is 23.8 Å². The van der Waals surface area contributed by atoms with E-state index < -0.39 is 10.0 Å². The Balaban J connectivity index is 1.65. The first-order chi connectivity index (χ1) is 14.8. The summed E-state index contributed by atoms with van der Waals surface area (Å²) in [6.07, 6.45) is 7.85. The van der Waals surface area contributed by atoms with E-state index in [9.17, 15) is 13.2 Å². The van der Waals surface area contributed by atoms with Gasteiger partial charge in [0.15, 0.2) is 5.03 Å². The average Bonchev–Trinajstić information content (AvgIpc) is 3.06. The van der Waals surface area contributed by atoms with Crippen LogP contribution in [0.25, 0.3) is 11.0 Å². The molecular formula is C19H22N8O3S. The number of hydrogen-bond acceptors (Lipinski definition) is 8. The number of aromatic nitrogens is 4. The number of carbonyl (C=O) groups is 1. The minimum Gasteiger partial charge on any atom is -0.324 e. The number of hydrazone groups is 1. The van der Waals surface area contributed by atoms with Crippen molar-refractivity contribution < 1.29 is 13.2 Å². The maximum Gasteiger partial charge on any atom is 0.255 e. The summed E-state index contributed by atoms with van der Waals surface area (Å²) in [4.78, 5) is 24.9. The zero-order valence-corrected chi connectivity index (χ0v) is 17.7. The summed E-state index contributed by atoms with van der Waals surface area (Å²) < 4.78 is 24.8. The first-order valence-corrected chi connectivity index (χ1v) is 11.3. The van der Waals surface area contributed by atoms with Gasteiger partial charge in [0.1, 0.15) is 5.65 Å². The molecule has 3 aromatic rings. The highest BCUT2D eigenvalue weighted by atomic mass is 32.2. The van der Waals surface area contributed by atoms with Gasteiger partial charge in [0.25, 0.3) is 10.0 Å². The lowest BCUT2D eigenvalue weighted by molar-refractivity contribution is -0.130. The van der Waals surface area contributed by atoms with Gasteiger partial charge in [0.2, 0.25) is 11.9 Å². The number of amides is 1. The van der Waals surface area contributed by atoms with Gasteiger partial charge < -0.3 is 9.88 Å². The minimum absolute atomic E-state index is 0.00541. The highest BCUT2D eigenvalue weighted by molar-refractivity contribution is 7.89. The van der Waals surface area contributed by atoms with Crippen LogP contribution in [0.4, 0.5) is 11.6 Å². The fourth-order valence-corrected chi connectivity index (χ4v) is 3.77. The van der Waals surface area contributed by atoms with Crippen molar-refractivity contribution in [2.24, 2.45) is 10.2 Å². The number of rotatable bonds is 3. The van der Waals surface area contributed by atoms with Crippen LogP contribution in [0, 0.1) is 0 Å². The first kappa shape index (κ1) is 20.9. The number of sulfonamides is 1. The maximum atomic E-state index is 12.1. The normalized spacial score (nSPS) is 16.6. The standard InChI is InChI=1S/C19H22N8O3S/c1-26-17(28)5-3-2-4-8-27-15(12-23-26)9-13-10-22-19(25-18(13)27)24-14-6-7-16(21-11-14)31(20,29)30/h6-7,9-12H,2-5,8H2,1H3,(H2,20,29,30)(H,22,24,25)/b23-12-. The summed E-state index contributed by atoms with van der Waals surface area (Å²) in [5.74, 6) is 0.339. The van der Waals surface area contributed by atoms with Gasteiger partial charge in [0, 0.05) is 31.6 Å². The molecule has 162 valence electrons. The van der Waals surface area contributed by atoms with Crippen LogP contribution in [0.1, 0.15) is 31.4 Å². The van der Waals surface area contributed by atoms with Crippen molar-refractivity contribution in [1.82, 2.24) is 24.5 Å². The molecule has 0 unspecified atom stereocenters. The van der Waals surface area contributed by atoms with E-state index in [1.807, 2.05) is 6.07 Å². The van der Waals surface area contributed by atoms with Gasteiger partial charge in [-0.15, -0.1) is 0 Å². The number of nitrogens with one attached hydrogen (secondary N) is 1. The Hall–Kier alpha value is -3.38. The maximum absolute atomic E-state index is 12.1. The average molecular weight is 443 g/mol. The second kappa shape index (κ2) is 8.40. The number of anilines is 2. The highest BCUT2D eigenvalue weighted by Gasteiger charge is 2.14. The molecule has 11 nitrogen and oxygen atoms in total. The number of pyridine rings is 1. The number of carbonyl (C=O) groups excluding carboxylic acids is 1. The van der Waals surface area contributed by atoms with Crippen LogP contribution in [0.5, 0.6) is 0 Å². The molecule has 0 fully saturated rings. The predicted molar refractivity (Wildman–Crippen MR) is 115 cm³/mol. The van der Waals surface area contributed by atoms with E-state index in [4.69, 9.17) is 5.14 Å². The molecule has 1 amide bonds. The van der Waals surface area contributed by atoms with Gasteiger partial charge in [-0.05, 0) is 31.0 Å². The van der Waals surface area contributed by atoms with Crippen molar-refractivity contribution >= 4 is 44.8 Å². The molecule has 31 heavy (non-hydrogen) atoms. The quantitative estimate of drug-likeness (QED) is 0.625. The van der Waals surface area contributed by atoms with E-state index in [1.54, 1.807) is 25.5 Å². The van der Waals surface area contributed by atoms with Crippen LogP contribution in [0.2, 0.25) is 0 Å². The third kappa shape index (κ3) is 4.70. The summed E-state index contributed by atoms with van der Waals surface area (Å²) in [6, 6.07) is 4.79. The zero-order valence-electron chi connectivity index (χ0n) is 16.9. The number of nitrogens with zero attached hydrogens (tertiary/aromatic N) is 6. The Morgan fingerprint density at radius 3 is 2.71 bits per heavy atom. The molecule has 3 N–H and O–H groups in total. The first-order valence-electron chi connectivity index (χ1n) is 9.74. The lowest BCUT2D eigenvalue weighted by Gasteiger charge is -2.09. The third-order valence-electron chi connectivity index (χ3n) is 4.95. The van der Waals surface area contributed by atoms with Gasteiger partial charge in [-0.2, -0.15) is 10.1 Å². The largest absolute Gasteiger partial charge is 0.324 e. The van der Waals surface area contributed by atoms with E-state index in [0.717, 1.165) is 42.5 Å². The van der Waals surface area contributed by atoms with Crippen molar-refractivity contribution in [3.05, 3.63) is 36.3 Å². The Bertz CT molecular complexity index is 1250. The van der Waals surface area contributed by atoms with Crippen molar-refractivity contribution in [3.63, 3.8) is 0 Å². The van der Waals surface area contributed by atoms with Crippen LogP contribution in [0.15, 0.2) is 40.7 Å². The molecule has 0 radical (unpaired) electrons. The van der Waals surface area contributed by atoms with E-state index in [1.165, 1.54) is 17.3 Å². The van der Waals surface area contributed by atoms with Crippen molar-refractivity contribution in [2.75, 3.05) is 12.4 Å². The van der Waals surface area contributed by atoms with E-state index >= 15 is 0 Å². The molecule has 0 saturated heterocycles. The number of hydrogen-bond donors (Lipinski definition) is 2. The summed E-state index contributed by atoms with van der Waals surface area (Å²) >= 11 is 0. The Morgan fingerprint density at radius 2 is 1.97 bits per heavy atom. The topological polar surface area (TPSA) is 148 Å². The fraction of sp³-hybridized carbons (Fsp3) is 0.316. The van der Waals surface area contributed by atoms with E-state index in [2.05, 4.69) is 29.9 Å². The molecule has 0 saturated carbocycles. The number of primary sulfonamides is 1. The second-order valence-corrected chi connectivity index (χ2v) is 8.73. The lowest BCUT2D eigenvalue weighted by Crippen LogP contribution is -2.20. The number of fused-ring (bicyclic) bond motifs is 3. The Labute approximate surface area is 179 Å². The van der Waals surface area contributed by atoms with E-state index in [0.29, 0.717) is 18.1 Å². The van der Waals surface area contributed by atoms with Crippen molar-refractivity contribution in [3.8, 4) is 0 Å². The summed E-state index contributed by atoms with van der Waals surface area (Å²) in [5.41, 5.74) is 2.10. The molecule has 4 rings (SSSR count). The van der Waals surface area contributed by atoms with Crippen LogP contribution in [-0.4, -0.2) is 52.1 Å². The van der Waals surface area contributed by atoms with Gasteiger partial charge in [-0.3, -0.25) is 4.79 Å². The molecule has 0 bridgehead atoms. The second-order valence-electron chi connectivity index (χ2n) is 7.22. The zero-order chi connectivity index (χ0) is 22.0. The fourth-order valence-electron chi connectivity index (χ4n) is 3.31. The number of nitrogens with two attached hydrogens (primary N) is 1. The molecule has 1 aliphatic heterocycles. The van der Waals surface area contributed by atoms with Gasteiger partial charge >= 0.3 is 0 Å². The Morgan fingerprint density at radius 1 is 1.13 bits per heavy atom. The van der Waals surface area contributed by atoms with Crippen LogP contribution in [0.3, 0.4) is 0 Å². The van der Waals surface area contributed by atoms with Crippen LogP contribution < -0.4 is 10.5 Å². The van der Waals surface area contributed by atoms with Gasteiger partial charge in [-0.25, -0.2) is 28.5 Å². The van der Waals surface area contributed by atoms with Gasteiger partial charge in [-0.1, -0.05) is 6.42 Å². The third-order valence-corrected chi connectivity index (χ3v) is 5.77. The molecule has 0 atom stereocenters.